The Hall–Kier alpha value is -1.44. The molecule has 0 unspecified atom stereocenters. The van der Waals surface area contributed by atoms with Crippen LogP contribution >= 0.6 is 0 Å². The van der Waals surface area contributed by atoms with Crippen LogP contribution in [-0.2, 0) is 11.3 Å². The zero-order chi connectivity index (χ0) is 16.3. The molecule has 23 heavy (non-hydrogen) atoms. The Bertz CT molecular complexity index is 542. The van der Waals surface area contributed by atoms with E-state index in [2.05, 4.69) is 19.7 Å². The van der Waals surface area contributed by atoms with Gasteiger partial charge in [-0.05, 0) is 43.1 Å². The molecular weight excluding hydrogens is 306 g/mol. The molecule has 1 fully saturated rings. The van der Waals surface area contributed by atoms with Crippen LogP contribution in [0.2, 0.25) is 0 Å². The van der Waals surface area contributed by atoms with Crippen molar-refractivity contribution in [1.29, 1.82) is 0 Å². The lowest BCUT2D eigenvalue weighted by Crippen LogP contribution is -2.28. The first-order chi connectivity index (χ1) is 11.1. The number of hydrogen-bond donors (Lipinski definition) is 1. The summed E-state index contributed by atoms with van der Waals surface area (Å²) in [5.41, 5.74) is 0.902. The van der Waals surface area contributed by atoms with E-state index in [-0.39, 0.29) is 11.5 Å². The van der Waals surface area contributed by atoms with Gasteiger partial charge in [0.15, 0.2) is 11.5 Å². The van der Waals surface area contributed by atoms with Crippen LogP contribution in [0.4, 0.5) is 8.78 Å². The third-order valence-electron chi connectivity index (χ3n) is 4.21. The maximum atomic E-state index is 13.0. The Kier molecular flexibility index (Phi) is 4.99. The van der Waals surface area contributed by atoms with E-state index in [0.29, 0.717) is 12.5 Å². The van der Waals surface area contributed by atoms with E-state index in [4.69, 9.17) is 4.74 Å². The number of halogens is 2. The highest BCUT2D eigenvalue weighted by molar-refractivity contribution is 5.45. The van der Waals surface area contributed by atoms with E-state index in [9.17, 15) is 8.78 Å². The van der Waals surface area contributed by atoms with Gasteiger partial charge in [0, 0.05) is 26.7 Å². The number of alkyl halides is 2. The highest BCUT2D eigenvalue weighted by Gasteiger charge is 2.43. The van der Waals surface area contributed by atoms with Gasteiger partial charge in [0.1, 0.15) is 0 Å². The number of methoxy groups -OCH3 is 1. The van der Waals surface area contributed by atoms with Crippen molar-refractivity contribution in [2.24, 2.45) is 5.92 Å². The molecule has 2 heterocycles. The fraction of sp³-hybridized carbons (Fsp3) is 0.625. The minimum atomic E-state index is -3.55. The second kappa shape index (κ2) is 6.98. The molecule has 5 nitrogen and oxygen atoms in total. The standard InChI is InChI=1S/C16H22F2N2O3/c1-21-7-6-20-5-4-13(11-20)10-19-9-12-2-3-14-15(8-12)23-16(17,18)22-14/h2-3,8,13,19H,4-7,9-11H2,1H3/t13-/m1/s1. The summed E-state index contributed by atoms with van der Waals surface area (Å²) in [7, 11) is 1.72. The number of fused-ring (bicyclic) bond motifs is 1. The minimum absolute atomic E-state index is 0.0864. The monoisotopic (exact) mass is 328 g/mol. The number of nitrogens with one attached hydrogen (secondary N) is 1. The molecule has 1 saturated heterocycles. The normalized spacial score (nSPS) is 22.7. The van der Waals surface area contributed by atoms with Gasteiger partial charge in [0.2, 0.25) is 0 Å². The molecule has 2 aliphatic heterocycles. The number of ether oxygens (including phenoxy) is 3. The van der Waals surface area contributed by atoms with E-state index in [1.165, 1.54) is 12.5 Å². The van der Waals surface area contributed by atoms with Crippen LogP contribution in [0.25, 0.3) is 0 Å². The van der Waals surface area contributed by atoms with Gasteiger partial charge in [0.05, 0.1) is 6.61 Å². The second-order valence-corrected chi connectivity index (χ2v) is 6.03. The first-order valence-electron chi connectivity index (χ1n) is 7.86. The molecule has 0 amide bonds. The van der Waals surface area contributed by atoms with E-state index in [1.54, 1.807) is 19.2 Å². The summed E-state index contributed by atoms with van der Waals surface area (Å²) in [5, 5.41) is 3.39. The van der Waals surface area contributed by atoms with Crippen molar-refractivity contribution in [3.05, 3.63) is 23.8 Å². The van der Waals surface area contributed by atoms with Gasteiger partial charge in [-0.15, -0.1) is 8.78 Å². The predicted molar refractivity (Wildman–Crippen MR) is 80.8 cm³/mol. The van der Waals surface area contributed by atoms with Crippen molar-refractivity contribution >= 4 is 0 Å². The van der Waals surface area contributed by atoms with E-state index in [1.807, 2.05) is 0 Å². The average molecular weight is 328 g/mol. The molecule has 128 valence electrons. The van der Waals surface area contributed by atoms with E-state index < -0.39 is 6.29 Å². The van der Waals surface area contributed by atoms with Gasteiger partial charge >= 0.3 is 6.29 Å². The Labute approximate surface area is 134 Å². The molecule has 2 aliphatic rings. The summed E-state index contributed by atoms with van der Waals surface area (Å²) in [6.45, 7) is 5.45. The van der Waals surface area contributed by atoms with Crippen LogP contribution in [0.1, 0.15) is 12.0 Å². The number of likely N-dealkylation sites (tertiary alicyclic amines) is 1. The molecule has 0 spiro atoms. The number of nitrogens with zero attached hydrogens (tertiary/aromatic N) is 1. The lowest BCUT2D eigenvalue weighted by atomic mass is 10.1. The molecule has 0 saturated carbocycles. The lowest BCUT2D eigenvalue weighted by molar-refractivity contribution is -0.286. The SMILES string of the molecule is COCCN1CC[C@H](CNCc2ccc3c(c2)OC(F)(F)O3)C1. The highest BCUT2D eigenvalue weighted by Crippen LogP contribution is 2.41. The summed E-state index contributed by atoms with van der Waals surface area (Å²) in [4.78, 5) is 2.40. The highest BCUT2D eigenvalue weighted by atomic mass is 19.3. The van der Waals surface area contributed by atoms with Gasteiger partial charge < -0.3 is 24.4 Å². The summed E-state index contributed by atoms with van der Waals surface area (Å²) in [6, 6.07) is 4.90. The molecule has 3 rings (SSSR count). The fourth-order valence-corrected chi connectivity index (χ4v) is 3.03. The van der Waals surface area contributed by atoms with Crippen molar-refractivity contribution < 1.29 is 23.0 Å². The molecule has 1 atom stereocenters. The maximum absolute atomic E-state index is 13.0. The van der Waals surface area contributed by atoms with Crippen molar-refractivity contribution in [2.45, 2.75) is 19.3 Å². The van der Waals surface area contributed by atoms with Crippen LogP contribution in [0.3, 0.4) is 0 Å². The Balaban J connectivity index is 1.42. The molecule has 1 aromatic rings. The van der Waals surface area contributed by atoms with Crippen LogP contribution < -0.4 is 14.8 Å². The largest absolute Gasteiger partial charge is 0.586 e. The van der Waals surface area contributed by atoms with Crippen molar-refractivity contribution in [3.8, 4) is 11.5 Å². The quantitative estimate of drug-likeness (QED) is 0.830. The van der Waals surface area contributed by atoms with Crippen LogP contribution in [-0.4, -0.2) is 51.1 Å². The van der Waals surface area contributed by atoms with E-state index in [0.717, 1.165) is 38.3 Å². The predicted octanol–water partition coefficient (Wildman–Crippen LogP) is 2.07. The summed E-state index contributed by atoms with van der Waals surface area (Å²) >= 11 is 0. The molecule has 7 heteroatoms. The number of rotatable bonds is 7. The van der Waals surface area contributed by atoms with Gasteiger partial charge in [0.25, 0.3) is 0 Å². The molecular formula is C16H22F2N2O3. The molecule has 1 N–H and O–H groups in total. The maximum Gasteiger partial charge on any atom is 0.586 e. The molecule has 0 radical (unpaired) electrons. The summed E-state index contributed by atoms with van der Waals surface area (Å²) in [6.07, 6.45) is -2.38. The number of benzene rings is 1. The van der Waals surface area contributed by atoms with Crippen molar-refractivity contribution in [2.75, 3.05) is 39.9 Å². The Morgan fingerprint density at radius 1 is 1.35 bits per heavy atom. The average Bonchev–Trinajstić information content (AvgIpc) is 3.07. The first-order valence-corrected chi connectivity index (χ1v) is 7.86. The van der Waals surface area contributed by atoms with E-state index >= 15 is 0 Å². The van der Waals surface area contributed by atoms with Gasteiger partial charge in [-0.3, -0.25) is 0 Å². The smallest absolute Gasteiger partial charge is 0.395 e. The fourth-order valence-electron chi connectivity index (χ4n) is 3.03. The summed E-state index contributed by atoms with van der Waals surface area (Å²) < 4.78 is 39.9. The number of hydrogen-bond acceptors (Lipinski definition) is 5. The molecule has 0 aromatic heterocycles. The molecule has 0 aliphatic carbocycles. The topological polar surface area (TPSA) is 43.0 Å². The summed E-state index contributed by atoms with van der Waals surface area (Å²) in [5.74, 6) is 0.800. The third kappa shape index (κ3) is 4.31. The van der Waals surface area contributed by atoms with Crippen molar-refractivity contribution in [1.82, 2.24) is 10.2 Å². The molecule has 0 bridgehead atoms. The Morgan fingerprint density at radius 3 is 3.00 bits per heavy atom. The van der Waals surface area contributed by atoms with Gasteiger partial charge in [-0.25, -0.2) is 0 Å². The first kappa shape index (κ1) is 16.4. The van der Waals surface area contributed by atoms with Gasteiger partial charge in [-0.2, -0.15) is 0 Å². The van der Waals surface area contributed by atoms with Crippen LogP contribution in [0.15, 0.2) is 18.2 Å². The zero-order valence-corrected chi connectivity index (χ0v) is 13.2. The molecule has 1 aromatic carbocycles. The minimum Gasteiger partial charge on any atom is -0.395 e. The van der Waals surface area contributed by atoms with Crippen LogP contribution in [0.5, 0.6) is 11.5 Å². The van der Waals surface area contributed by atoms with Crippen molar-refractivity contribution in [3.63, 3.8) is 0 Å². The van der Waals surface area contributed by atoms with Crippen LogP contribution in [0, 0.1) is 5.92 Å². The second-order valence-electron chi connectivity index (χ2n) is 6.03. The Morgan fingerprint density at radius 2 is 2.17 bits per heavy atom. The lowest BCUT2D eigenvalue weighted by Gasteiger charge is -2.15. The van der Waals surface area contributed by atoms with Gasteiger partial charge in [-0.1, -0.05) is 6.07 Å². The zero-order valence-electron chi connectivity index (χ0n) is 13.2. The third-order valence-corrected chi connectivity index (χ3v) is 4.21.